The van der Waals surface area contributed by atoms with E-state index in [1.54, 1.807) is 12.1 Å². The Balaban J connectivity index is 2.54. The van der Waals surface area contributed by atoms with Crippen LogP contribution in [0, 0.1) is 5.82 Å². The van der Waals surface area contributed by atoms with Gasteiger partial charge in [-0.25, -0.2) is 9.18 Å². The van der Waals surface area contributed by atoms with Gasteiger partial charge in [-0.2, -0.15) is 0 Å². The average Bonchev–Trinajstić information content (AvgIpc) is 2.46. The Hall–Kier alpha value is -1.64. The van der Waals surface area contributed by atoms with Gasteiger partial charge >= 0.3 is 5.97 Å². The zero-order valence-corrected chi connectivity index (χ0v) is 6.75. The number of fused-ring (bicyclic) bond motifs is 1. The molecule has 0 fully saturated rings. The van der Waals surface area contributed by atoms with E-state index in [0.717, 1.165) is 5.56 Å². The van der Waals surface area contributed by atoms with E-state index in [4.69, 9.17) is 5.11 Å². The maximum Gasteiger partial charge on any atom is 0.335 e. The first-order chi connectivity index (χ1) is 6.18. The number of halogens is 1. The Kier molecular flexibility index (Phi) is 1.65. The molecule has 1 aliphatic rings. The summed E-state index contributed by atoms with van der Waals surface area (Å²) in [4.78, 5) is 10.7. The van der Waals surface area contributed by atoms with Gasteiger partial charge < -0.3 is 5.11 Å². The first-order valence-electron chi connectivity index (χ1n) is 3.91. The molecule has 0 atom stereocenters. The zero-order valence-electron chi connectivity index (χ0n) is 6.75. The van der Waals surface area contributed by atoms with Crippen LogP contribution in [0.15, 0.2) is 24.3 Å². The maximum absolute atomic E-state index is 12.8. The van der Waals surface area contributed by atoms with E-state index in [2.05, 4.69) is 0 Å². The van der Waals surface area contributed by atoms with Crippen LogP contribution < -0.4 is 0 Å². The van der Waals surface area contributed by atoms with Crippen LogP contribution in [0.25, 0.3) is 5.57 Å². The van der Waals surface area contributed by atoms with E-state index in [9.17, 15) is 9.18 Å². The molecule has 1 N–H and O–H groups in total. The molecule has 1 aromatic carbocycles. The van der Waals surface area contributed by atoms with Crippen molar-refractivity contribution in [2.45, 2.75) is 6.42 Å². The van der Waals surface area contributed by atoms with Crippen molar-refractivity contribution in [1.82, 2.24) is 0 Å². The zero-order chi connectivity index (χ0) is 9.42. The van der Waals surface area contributed by atoms with E-state index in [0.29, 0.717) is 12.0 Å². The molecule has 1 aliphatic carbocycles. The fourth-order valence-corrected chi connectivity index (χ4v) is 1.50. The van der Waals surface area contributed by atoms with Crippen LogP contribution in [0.2, 0.25) is 0 Å². The lowest BCUT2D eigenvalue weighted by Gasteiger charge is -2.00. The van der Waals surface area contributed by atoms with Crippen LogP contribution in [0.1, 0.15) is 11.1 Å². The molecule has 0 heterocycles. The molecule has 0 aliphatic heterocycles. The molecule has 2 rings (SSSR count). The van der Waals surface area contributed by atoms with Gasteiger partial charge in [-0.1, -0.05) is 12.1 Å². The summed E-state index contributed by atoms with van der Waals surface area (Å²) in [7, 11) is 0. The van der Waals surface area contributed by atoms with Crippen LogP contribution in [0.5, 0.6) is 0 Å². The molecular formula is C10H7FO2. The quantitative estimate of drug-likeness (QED) is 0.712. The van der Waals surface area contributed by atoms with E-state index in [1.165, 1.54) is 12.1 Å². The standard InChI is InChI=1S/C10H7FO2/c11-7-3-1-6-2-4-8(10(12)13)9(6)5-7/h1,3-5H,2H2,(H,12,13). The molecule has 0 aromatic heterocycles. The highest BCUT2D eigenvalue weighted by Crippen LogP contribution is 2.27. The van der Waals surface area contributed by atoms with Crippen molar-refractivity contribution >= 4 is 11.5 Å². The lowest BCUT2D eigenvalue weighted by Crippen LogP contribution is -1.98. The summed E-state index contributed by atoms with van der Waals surface area (Å²) < 4.78 is 12.8. The third-order valence-corrected chi connectivity index (χ3v) is 2.12. The van der Waals surface area contributed by atoms with Crippen LogP contribution in [0.3, 0.4) is 0 Å². The van der Waals surface area contributed by atoms with Crippen molar-refractivity contribution in [3.05, 3.63) is 41.2 Å². The van der Waals surface area contributed by atoms with Gasteiger partial charge in [0.2, 0.25) is 0 Å². The van der Waals surface area contributed by atoms with E-state index in [-0.39, 0.29) is 5.57 Å². The van der Waals surface area contributed by atoms with Gasteiger partial charge in [-0.3, -0.25) is 0 Å². The molecule has 0 saturated carbocycles. The number of carbonyl (C=O) groups is 1. The van der Waals surface area contributed by atoms with Crippen LogP contribution >= 0.6 is 0 Å². The predicted octanol–water partition coefficient (Wildman–Crippen LogP) is 1.85. The molecule has 1 aromatic rings. The van der Waals surface area contributed by atoms with Crippen molar-refractivity contribution in [3.8, 4) is 0 Å². The summed E-state index contributed by atoms with van der Waals surface area (Å²) in [6.07, 6.45) is 2.18. The van der Waals surface area contributed by atoms with E-state index in [1.807, 2.05) is 0 Å². The van der Waals surface area contributed by atoms with Gasteiger partial charge in [0.05, 0.1) is 5.57 Å². The fraction of sp³-hybridized carbons (Fsp3) is 0.100. The van der Waals surface area contributed by atoms with Gasteiger partial charge in [0.25, 0.3) is 0 Å². The van der Waals surface area contributed by atoms with E-state index < -0.39 is 11.8 Å². The number of aliphatic carboxylic acids is 1. The van der Waals surface area contributed by atoms with Crippen LogP contribution in [0.4, 0.5) is 4.39 Å². The first-order valence-corrected chi connectivity index (χ1v) is 3.91. The number of carboxylic acids is 1. The molecule has 3 heteroatoms. The van der Waals surface area contributed by atoms with E-state index >= 15 is 0 Å². The summed E-state index contributed by atoms with van der Waals surface area (Å²) >= 11 is 0. The van der Waals surface area contributed by atoms with Crippen molar-refractivity contribution in [2.24, 2.45) is 0 Å². The first kappa shape index (κ1) is 7.98. The summed E-state index contributed by atoms with van der Waals surface area (Å²) in [5.74, 6) is -1.39. The Labute approximate surface area is 74.3 Å². The molecule has 0 saturated heterocycles. The molecule has 0 spiro atoms. The molecule has 0 amide bonds. The second-order valence-corrected chi connectivity index (χ2v) is 2.93. The smallest absolute Gasteiger partial charge is 0.335 e. The highest BCUT2D eigenvalue weighted by atomic mass is 19.1. The second kappa shape index (κ2) is 2.69. The van der Waals surface area contributed by atoms with Crippen LogP contribution in [-0.2, 0) is 11.2 Å². The second-order valence-electron chi connectivity index (χ2n) is 2.93. The SMILES string of the molecule is O=C(O)C1=CCc2ccc(F)cc21. The van der Waals surface area contributed by atoms with Gasteiger partial charge in [0.15, 0.2) is 0 Å². The number of rotatable bonds is 1. The molecule has 0 radical (unpaired) electrons. The number of carboxylic acid groups (broad SMARTS) is 1. The topological polar surface area (TPSA) is 37.3 Å². The molecule has 66 valence electrons. The summed E-state index contributed by atoms with van der Waals surface area (Å²) in [5.41, 5.74) is 1.58. The molecular weight excluding hydrogens is 171 g/mol. The predicted molar refractivity (Wildman–Crippen MR) is 45.7 cm³/mol. The number of allylic oxidation sites excluding steroid dienone is 1. The Morgan fingerprint density at radius 1 is 1.46 bits per heavy atom. The van der Waals surface area contributed by atoms with Crippen molar-refractivity contribution in [2.75, 3.05) is 0 Å². The van der Waals surface area contributed by atoms with Gasteiger partial charge in [-0.05, 0) is 29.7 Å². The molecule has 0 unspecified atom stereocenters. The lowest BCUT2D eigenvalue weighted by molar-refractivity contribution is -0.130. The fourth-order valence-electron chi connectivity index (χ4n) is 1.50. The van der Waals surface area contributed by atoms with Gasteiger partial charge in [-0.15, -0.1) is 0 Å². The number of hydrogen-bond acceptors (Lipinski definition) is 1. The number of benzene rings is 1. The minimum Gasteiger partial charge on any atom is -0.478 e. The summed E-state index contributed by atoms with van der Waals surface area (Å²) in [6.45, 7) is 0. The average molecular weight is 178 g/mol. The maximum atomic E-state index is 12.8. The normalized spacial score (nSPS) is 13.8. The third kappa shape index (κ3) is 1.22. The van der Waals surface area contributed by atoms with Crippen molar-refractivity contribution < 1.29 is 14.3 Å². The highest BCUT2D eigenvalue weighted by Gasteiger charge is 2.19. The summed E-state index contributed by atoms with van der Waals surface area (Å²) in [5, 5.41) is 8.76. The summed E-state index contributed by atoms with van der Waals surface area (Å²) in [6, 6.07) is 4.23. The van der Waals surface area contributed by atoms with Gasteiger partial charge in [0, 0.05) is 0 Å². The molecule has 0 bridgehead atoms. The Morgan fingerprint density at radius 2 is 2.23 bits per heavy atom. The van der Waals surface area contributed by atoms with Crippen molar-refractivity contribution in [1.29, 1.82) is 0 Å². The highest BCUT2D eigenvalue weighted by molar-refractivity contribution is 6.17. The third-order valence-electron chi connectivity index (χ3n) is 2.12. The van der Waals surface area contributed by atoms with Gasteiger partial charge in [0.1, 0.15) is 5.82 Å². The van der Waals surface area contributed by atoms with Crippen molar-refractivity contribution in [3.63, 3.8) is 0 Å². The Bertz CT molecular complexity index is 407. The molecule has 13 heavy (non-hydrogen) atoms. The van der Waals surface area contributed by atoms with Crippen LogP contribution in [-0.4, -0.2) is 11.1 Å². The minimum atomic E-state index is -0.996. The largest absolute Gasteiger partial charge is 0.478 e. The lowest BCUT2D eigenvalue weighted by atomic mass is 10.1. The Morgan fingerprint density at radius 3 is 2.92 bits per heavy atom. The molecule has 2 nitrogen and oxygen atoms in total. The monoisotopic (exact) mass is 178 g/mol. The number of hydrogen-bond donors (Lipinski definition) is 1. The minimum absolute atomic E-state index is 0.203.